The summed E-state index contributed by atoms with van der Waals surface area (Å²) in [6.07, 6.45) is 0. The van der Waals surface area contributed by atoms with Crippen LogP contribution in [0.15, 0.2) is 52.3 Å². The third-order valence-corrected chi connectivity index (χ3v) is 5.98. The van der Waals surface area contributed by atoms with Crippen molar-refractivity contribution >= 4 is 54.9 Å². The fraction of sp³-hybridized carbons (Fsp3) is 0.136. The zero-order valence-electron chi connectivity index (χ0n) is 16.9. The first-order chi connectivity index (χ1) is 15.0. The number of nitrogens with zero attached hydrogens (tertiary/aromatic N) is 2. The number of anilines is 2. The number of fused-ring (bicyclic) bond motifs is 1. The van der Waals surface area contributed by atoms with E-state index in [0.29, 0.717) is 44.7 Å². The smallest absolute Gasteiger partial charge is 0.228 e. The molecule has 0 bridgehead atoms. The Kier molecular flexibility index (Phi) is 6.06. The number of ether oxygens (including phenoxy) is 3. The van der Waals surface area contributed by atoms with Gasteiger partial charge in [-0.05, 0) is 47.8 Å². The molecule has 0 atom stereocenters. The minimum absolute atomic E-state index is 0.270. The molecule has 9 heteroatoms. The molecular formula is C22H18BrN3O4S. The summed E-state index contributed by atoms with van der Waals surface area (Å²) in [4.78, 5) is 22.5. The quantitative estimate of drug-likeness (QED) is 0.338. The second kappa shape index (κ2) is 8.91. The van der Waals surface area contributed by atoms with Crippen molar-refractivity contribution in [3.63, 3.8) is 0 Å². The number of carbonyl (C=O) groups excluding carboxylic acids is 1. The van der Waals surface area contributed by atoms with Gasteiger partial charge in [0.1, 0.15) is 5.69 Å². The Balaban J connectivity index is 1.79. The van der Waals surface area contributed by atoms with Crippen LogP contribution in [-0.4, -0.2) is 37.1 Å². The highest BCUT2D eigenvalue weighted by Gasteiger charge is 2.22. The average Bonchev–Trinajstić information content (AvgIpc) is 3.27. The Labute approximate surface area is 191 Å². The second-order valence-electron chi connectivity index (χ2n) is 6.41. The number of methoxy groups -OCH3 is 3. The van der Waals surface area contributed by atoms with Crippen molar-refractivity contribution in [1.82, 2.24) is 9.97 Å². The van der Waals surface area contributed by atoms with E-state index in [1.54, 1.807) is 12.1 Å². The lowest BCUT2D eigenvalue weighted by Crippen LogP contribution is -2.09. The summed E-state index contributed by atoms with van der Waals surface area (Å²) in [5.41, 5.74) is 2.17. The number of hydrogen-bond donors (Lipinski definition) is 1. The number of aromatic nitrogens is 2. The van der Waals surface area contributed by atoms with Crippen LogP contribution in [0.25, 0.3) is 10.2 Å². The average molecular weight is 500 g/mol. The standard InChI is InChI=1S/C22H18BrN3O4S/c1-28-16-10-12(11-17(29-2)20(16)30-3)19(27)18-21-15(8-9-31-21)25-22(26-18)24-14-6-4-13(23)5-7-14/h4-11H,1-3H3,(H,24,25,26). The molecule has 0 unspecified atom stereocenters. The summed E-state index contributed by atoms with van der Waals surface area (Å²) in [6.45, 7) is 0. The Bertz CT molecular complexity index is 1230. The highest BCUT2D eigenvalue weighted by molar-refractivity contribution is 9.10. The van der Waals surface area contributed by atoms with E-state index in [0.717, 1.165) is 10.2 Å². The van der Waals surface area contributed by atoms with Crippen LogP contribution in [0.3, 0.4) is 0 Å². The molecule has 31 heavy (non-hydrogen) atoms. The maximum Gasteiger partial charge on any atom is 0.228 e. The predicted molar refractivity (Wildman–Crippen MR) is 124 cm³/mol. The third kappa shape index (κ3) is 4.19. The lowest BCUT2D eigenvalue weighted by molar-refractivity contribution is 0.103. The number of carbonyl (C=O) groups is 1. The highest BCUT2D eigenvalue weighted by Crippen LogP contribution is 2.39. The first-order valence-corrected chi connectivity index (χ1v) is 10.8. The summed E-state index contributed by atoms with van der Waals surface area (Å²) >= 11 is 4.83. The van der Waals surface area contributed by atoms with Gasteiger partial charge >= 0.3 is 0 Å². The van der Waals surface area contributed by atoms with E-state index in [-0.39, 0.29) is 5.78 Å². The van der Waals surface area contributed by atoms with Gasteiger partial charge in [0.2, 0.25) is 17.5 Å². The van der Waals surface area contributed by atoms with Crippen molar-refractivity contribution < 1.29 is 19.0 Å². The maximum absolute atomic E-state index is 13.5. The molecular weight excluding hydrogens is 482 g/mol. The number of rotatable bonds is 7. The first kappa shape index (κ1) is 21.1. The SMILES string of the molecule is COc1cc(C(=O)c2nc(Nc3ccc(Br)cc3)nc3ccsc23)cc(OC)c1OC. The van der Waals surface area contributed by atoms with Gasteiger partial charge in [0, 0.05) is 15.7 Å². The molecule has 4 rings (SSSR count). The topological polar surface area (TPSA) is 82.6 Å². The van der Waals surface area contributed by atoms with E-state index in [4.69, 9.17) is 14.2 Å². The third-order valence-electron chi connectivity index (χ3n) is 4.55. The molecule has 0 saturated carbocycles. The maximum atomic E-state index is 13.5. The molecule has 2 heterocycles. The molecule has 0 aliphatic rings. The van der Waals surface area contributed by atoms with Gasteiger partial charge in [0.05, 0.1) is 31.5 Å². The van der Waals surface area contributed by atoms with Crippen LogP contribution in [0, 0.1) is 0 Å². The summed E-state index contributed by atoms with van der Waals surface area (Å²) in [7, 11) is 4.53. The highest BCUT2D eigenvalue weighted by atomic mass is 79.9. The summed E-state index contributed by atoms with van der Waals surface area (Å²) < 4.78 is 17.8. The number of halogens is 1. The molecule has 0 saturated heterocycles. The van der Waals surface area contributed by atoms with Gasteiger partial charge < -0.3 is 19.5 Å². The van der Waals surface area contributed by atoms with Gasteiger partial charge in [0.25, 0.3) is 0 Å². The van der Waals surface area contributed by atoms with Gasteiger partial charge in [0.15, 0.2) is 11.5 Å². The lowest BCUT2D eigenvalue weighted by atomic mass is 10.1. The number of benzene rings is 2. The zero-order chi connectivity index (χ0) is 22.0. The lowest BCUT2D eigenvalue weighted by Gasteiger charge is -2.14. The molecule has 0 aliphatic heterocycles. The van der Waals surface area contributed by atoms with Gasteiger partial charge in [-0.3, -0.25) is 4.79 Å². The van der Waals surface area contributed by atoms with Crippen LogP contribution in [0.1, 0.15) is 16.1 Å². The van der Waals surface area contributed by atoms with Gasteiger partial charge in [-0.15, -0.1) is 11.3 Å². The van der Waals surface area contributed by atoms with Crippen molar-refractivity contribution in [2.75, 3.05) is 26.6 Å². The molecule has 158 valence electrons. The normalized spacial score (nSPS) is 10.7. The van der Waals surface area contributed by atoms with E-state index >= 15 is 0 Å². The summed E-state index contributed by atoms with van der Waals surface area (Å²) in [5, 5.41) is 5.05. The summed E-state index contributed by atoms with van der Waals surface area (Å²) in [5.74, 6) is 1.28. The molecule has 0 aliphatic carbocycles. The van der Waals surface area contributed by atoms with Crippen LogP contribution in [0.2, 0.25) is 0 Å². The van der Waals surface area contributed by atoms with E-state index in [1.165, 1.54) is 32.7 Å². The Morgan fingerprint density at radius 1 is 0.968 bits per heavy atom. The van der Waals surface area contributed by atoms with Crippen LogP contribution >= 0.6 is 27.3 Å². The zero-order valence-corrected chi connectivity index (χ0v) is 19.3. The van der Waals surface area contributed by atoms with E-state index in [2.05, 4.69) is 31.2 Å². The number of hydrogen-bond acceptors (Lipinski definition) is 8. The molecule has 1 N–H and O–H groups in total. The Morgan fingerprint density at radius 2 is 1.65 bits per heavy atom. The van der Waals surface area contributed by atoms with Crippen LogP contribution in [0.5, 0.6) is 17.2 Å². The van der Waals surface area contributed by atoms with Crippen molar-refractivity contribution in [3.8, 4) is 17.2 Å². The Hall–Kier alpha value is -3.17. The monoisotopic (exact) mass is 499 g/mol. The van der Waals surface area contributed by atoms with Gasteiger partial charge in [-0.25, -0.2) is 9.97 Å². The molecule has 0 spiro atoms. The molecule has 2 aromatic carbocycles. The fourth-order valence-electron chi connectivity index (χ4n) is 3.08. The fourth-order valence-corrected chi connectivity index (χ4v) is 4.17. The van der Waals surface area contributed by atoms with E-state index < -0.39 is 0 Å². The van der Waals surface area contributed by atoms with Crippen LogP contribution in [-0.2, 0) is 0 Å². The van der Waals surface area contributed by atoms with Crippen molar-refractivity contribution in [3.05, 3.63) is 63.6 Å². The molecule has 0 radical (unpaired) electrons. The summed E-state index contributed by atoms with van der Waals surface area (Å²) in [6, 6.07) is 12.7. The first-order valence-electron chi connectivity index (χ1n) is 9.16. The van der Waals surface area contributed by atoms with Gasteiger partial charge in [-0.1, -0.05) is 15.9 Å². The Morgan fingerprint density at radius 3 is 2.26 bits per heavy atom. The largest absolute Gasteiger partial charge is 0.493 e. The van der Waals surface area contributed by atoms with E-state index in [9.17, 15) is 4.79 Å². The van der Waals surface area contributed by atoms with Gasteiger partial charge in [-0.2, -0.15) is 0 Å². The number of ketones is 1. The van der Waals surface area contributed by atoms with E-state index in [1.807, 2.05) is 35.7 Å². The van der Waals surface area contributed by atoms with Crippen molar-refractivity contribution in [1.29, 1.82) is 0 Å². The number of nitrogens with one attached hydrogen (secondary N) is 1. The minimum atomic E-state index is -0.270. The minimum Gasteiger partial charge on any atom is -0.493 e. The van der Waals surface area contributed by atoms with Crippen LogP contribution < -0.4 is 19.5 Å². The molecule has 0 fully saturated rings. The molecule has 0 amide bonds. The number of thiophene rings is 1. The molecule has 7 nitrogen and oxygen atoms in total. The van der Waals surface area contributed by atoms with Crippen molar-refractivity contribution in [2.45, 2.75) is 0 Å². The predicted octanol–water partition coefficient (Wildman–Crippen LogP) is 5.45. The molecule has 2 aromatic heterocycles. The van der Waals surface area contributed by atoms with Crippen molar-refractivity contribution in [2.24, 2.45) is 0 Å². The molecule has 4 aromatic rings. The van der Waals surface area contributed by atoms with Crippen LogP contribution in [0.4, 0.5) is 11.6 Å². The second-order valence-corrected chi connectivity index (χ2v) is 8.24.